The molecule has 0 amide bonds. The molecule has 0 fully saturated rings. The maximum Gasteiger partial charge on any atom is 0.416 e. The molecule has 3 N–H and O–H groups in total. The Balaban J connectivity index is 3.06. The van der Waals surface area contributed by atoms with Crippen LogP contribution in [-0.4, -0.2) is 10.8 Å². The van der Waals surface area contributed by atoms with Gasteiger partial charge in [-0.3, -0.25) is 0 Å². The van der Waals surface area contributed by atoms with Gasteiger partial charge in [-0.1, -0.05) is 0 Å². The van der Waals surface area contributed by atoms with Gasteiger partial charge >= 0.3 is 6.18 Å². The third kappa shape index (κ3) is 3.52. The molecule has 3 nitrogen and oxygen atoms in total. The van der Waals surface area contributed by atoms with Crippen LogP contribution >= 0.6 is 0 Å². The summed E-state index contributed by atoms with van der Waals surface area (Å²) in [6, 6.07) is 2.97. The van der Waals surface area contributed by atoms with Gasteiger partial charge in [0.05, 0.1) is 22.6 Å². The lowest BCUT2D eigenvalue weighted by atomic mass is 10.2. The molecule has 0 aliphatic rings. The van der Waals surface area contributed by atoms with Crippen LogP contribution in [0.15, 0.2) is 18.2 Å². The first-order chi connectivity index (χ1) is 6.79. The zero-order chi connectivity index (χ0) is 11.6. The van der Waals surface area contributed by atoms with E-state index in [1.807, 2.05) is 0 Å². The predicted molar refractivity (Wildman–Crippen MR) is 53.5 cm³/mol. The van der Waals surface area contributed by atoms with Crippen molar-refractivity contribution in [2.24, 2.45) is 0 Å². The summed E-state index contributed by atoms with van der Waals surface area (Å²) in [5.41, 5.74) is 4.48. The van der Waals surface area contributed by atoms with E-state index in [1.165, 1.54) is 12.3 Å². The maximum atomic E-state index is 12.3. The normalized spacial score (nSPS) is 13.7. The van der Waals surface area contributed by atoms with E-state index in [4.69, 9.17) is 5.73 Å². The Morgan fingerprint density at radius 1 is 1.33 bits per heavy atom. The third-order valence-electron chi connectivity index (χ3n) is 1.54. The summed E-state index contributed by atoms with van der Waals surface area (Å²) < 4.78 is 50.1. The first-order valence-corrected chi connectivity index (χ1v) is 5.42. The fraction of sp³-hybridized carbons (Fsp3) is 0.250. The Kier molecular flexibility index (Phi) is 3.35. The predicted octanol–water partition coefficient (Wildman–Crippen LogP) is 1.99. The molecular weight excluding hydrogens is 229 g/mol. The highest BCUT2D eigenvalue weighted by atomic mass is 32.2. The molecule has 0 saturated heterocycles. The van der Waals surface area contributed by atoms with Gasteiger partial charge < -0.3 is 10.3 Å². The van der Waals surface area contributed by atoms with Crippen molar-refractivity contribution in [3.05, 3.63) is 23.8 Å². The minimum absolute atomic E-state index is 0.0298. The van der Waals surface area contributed by atoms with E-state index in [0.29, 0.717) is 0 Å². The molecule has 1 aromatic rings. The van der Waals surface area contributed by atoms with Crippen LogP contribution in [0.3, 0.4) is 0 Å². The summed E-state index contributed by atoms with van der Waals surface area (Å²) in [4.78, 5) is 0. The van der Waals surface area contributed by atoms with Gasteiger partial charge in [-0.05, 0) is 18.2 Å². The Bertz CT molecular complexity index is 354. The number of nitrogens with one attached hydrogen (secondary N) is 1. The number of nitrogens with two attached hydrogens (primary N) is 1. The topological polar surface area (TPSA) is 61.1 Å². The van der Waals surface area contributed by atoms with Crippen LogP contribution in [0, 0.1) is 0 Å². The van der Waals surface area contributed by atoms with Crippen molar-refractivity contribution in [2.75, 3.05) is 16.7 Å². The van der Waals surface area contributed by atoms with Crippen LogP contribution in [0.1, 0.15) is 5.56 Å². The SMILES string of the molecule is C[S+]([O-])Nc1cc(N)cc(C(F)(F)F)c1. The van der Waals surface area contributed by atoms with Crippen LogP contribution in [0.5, 0.6) is 0 Å². The number of hydrogen-bond acceptors (Lipinski definition) is 3. The molecule has 1 aromatic carbocycles. The third-order valence-corrected chi connectivity index (χ3v) is 2.07. The highest BCUT2D eigenvalue weighted by Gasteiger charge is 2.31. The van der Waals surface area contributed by atoms with E-state index in [9.17, 15) is 17.7 Å². The molecule has 0 aromatic heterocycles. The zero-order valence-electron chi connectivity index (χ0n) is 7.76. The van der Waals surface area contributed by atoms with Crippen molar-refractivity contribution in [3.8, 4) is 0 Å². The van der Waals surface area contributed by atoms with Crippen LogP contribution in [0.4, 0.5) is 24.5 Å². The van der Waals surface area contributed by atoms with E-state index in [0.717, 1.165) is 12.1 Å². The molecule has 0 spiro atoms. The molecule has 84 valence electrons. The summed E-state index contributed by atoms with van der Waals surface area (Å²) in [7, 11) is 0. The second kappa shape index (κ2) is 4.19. The van der Waals surface area contributed by atoms with E-state index >= 15 is 0 Å². The molecule has 15 heavy (non-hydrogen) atoms. The van der Waals surface area contributed by atoms with Crippen molar-refractivity contribution in [1.82, 2.24) is 0 Å². The number of alkyl halides is 3. The molecule has 1 atom stereocenters. The summed E-state index contributed by atoms with van der Waals surface area (Å²) >= 11 is -1.43. The fourth-order valence-electron chi connectivity index (χ4n) is 1.04. The lowest BCUT2D eigenvalue weighted by molar-refractivity contribution is -0.137. The van der Waals surface area contributed by atoms with E-state index in [2.05, 4.69) is 4.72 Å². The van der Waals surface area contributed by atoms with Crippen molar-refractivity contribution in [2.45, 2.75) is 6.18 Å². The zero-order valence-corrected chi connectivity index (χ0v) is 8.58. The first-order valence-electron chi connectivity index (χ1n) is 3.87. The molecule has 1 rings (SSSR count). The lowest BCUT2D eigenvalue weighted by Gasteiger charge is -2.11. The molecule has 0 radical (unpaired) electrons. The fourth-order valence-corrected chi connectivity index (χ4v) is 1.49. The molecule has 0 saturated carbocycles. The number of halogens is 3. The van der Waals surface area contributed by atoms with Gasteiger partial charge in [-0.2, -0.15) is 13.2 Å². The average molecular weight is 238 g/mol. The Morgan fingerprint density at radius 2 is 1.93 bits per heavy atom. The number of hydrogen-bond donors (Lipinski definition) is 2. The second-order valence-electron chi connectivity index (χ2n) is 2.90. The quantitative estimate of drug-likeness (QED) is 0.612. The van der Waals surface area contributed by atoms with Crippen molar-refractivity contribution >= 4 is 22.7 Å². The Hall–Kier alpha value is -1.08. The van der Waals surface area contributed by atoms with Crippen LogP contribution in [0.25, 0.3) is 0 Å². The maximum absolute atomic E-state index is 12.3. The van der Waals surface area contributed by atoms with Gasteiger partial charge in [0.15, 0.2) is 0 Å². The lowest BCUT2D eigenvalue weighted by Crippen LogP contribution is -2.12. The highest BCUT2D eigenvalue weighted by molar-refractivity contribution is 7.92. The molecule has 0 heterocycles. The van der Waals surface area contributed by atoms with Crippen molar-refractivity contribution < 1.29 is 17.7 Å². The van der Waals surface area contributed by atoms with Crippen molar-refractivity contribution in [3.63, 3.8) is 0 Å². The molecular formula is C8H9F3N2OS. The smallest absolute Gasteiger partial charge is 0.416 e. The highest BCUT2D eigenvalue weighted by Crippen LogP contribution is 2.32. The minimum atomic E-state index is -4.46. The van der Waals surface area contributed by atoms with Gasteiger partial charge in [0, 0.05) is 5.69 Å². The van der Waals surface area contributed by atoms with Gasteiger partial charge in [-0.15, -0.1) is 0 Å². The average Bonchev–Trinajstić information content (AvgIpc) is 1.99. The molecule has 0 bridgehead atoms. The van der Waals surface area contributed by atoms with Gasteiger partial charge in [-0.25, -0.2) is 4.72 Å². The number of anilines is 2. The number of rotatable bonds is 2. The van der Waals surface area contributed by atoms with Crippen LogP contribution < -0.4 is 10.5 Å². The summed E-state index contributed by atoms with van der Waals surface area (Å²) in [6.07, 6.45) is -3.14. The molecule has 1 unspecified atom stereocenters. The standard InChI is InChI=1S/C8H9F3N2OS/c1-15(14)13-7-3-5(8(9,10)11)2-6(12)4-7/h2-4,13H,12H2,1H3. The van der Waals surface area contributed by atoms with Gasteiger partial charge in [0.2, 0.25) is 0 Å². The van der Waals surface area contributed by atoms with Gasteiger partial charge in [0.1, 0.15) is 6.26 Å². The second-order valence-corrected chi connectivity index (χ2v) is 4.01. The van der Waals surface area contributed by atoms with Gasteiger partial charge in [0.25, 0.3) is 0 Å². The van der Waals surface area contributed by atoms with E-state index in [1.54, 1.807) is 0 Å². The summed E-state index contributed by atoms with van der Waals surface area (Å²) in [5, 5.41) is 0. The summed E-state index contributed by atoms with van der Waals surface area (Å²) in [5.74, 6) is 0. The van der Waals surface area contributed by atoms with E-state index < -0.39 is 23.1 Å². The largest absolute Gasteiger partial charge is 0.593 e. The molecule has 0 aliphatic heterocycles. The Morgan fingerprint density at radius 3 is 2.40 bits per heavy atom. The number of nitrogen functional groups attached to an aromatic ring is 1. The summed E-state index contributed by atoms with van der Waals surface area (Å²) in [6.45, 7) is 0. The number of benzene rings is 1. The van der Waals surface area contributed by atoms with E-state index in [-0.39, 0.29) is 11.4 Å². The monoisotopic (exact) mass is 238 g/mol. The first kappa shape index (κ1) is 12.0. The van der Waals surface area contributed by atoms with Crippen LogP contribution in [0.2, 0.25) is 0 Å². The Labute approximate surface area is 87.8 Å². The van der Waals surface area contributed by atoms with Crippen LogP contribution in [-0.2, 0) is 17.5 Å². The minimum Gasteiger partial charge on any atom is -0.593 e. The molecule has 0 aliphatic carbocycles. The molecule has 7 heteroatoms. The van der Waals surface area contributed by atoms with Crippen molar-refractivity contribution in [1.29, 1.82) is 0 Å².